The Balaban J connectivity index is 1.48. The Morgan fingerprint density at radius 1 is 1.21 bits per heavy atom. The first kappa shape index (κ1) is 19.7. The zero-order chi connectivity index (χ0) is 22.5. The standard InChI is InChI=1S/C23H24N9O/c1-13-4-5-17(27-13)21-15-11-25-20-10-18(15)32(30-21)14(2)7-9-33-23-16(12-26-31(23)3)22-24-8-6-19(28-20)29-22/h4-6,8,10-11,13-14H,7,9,12H2,1-3H3,(H,24,25,28,29)/q+1/t13?,14-/m0/s1. The summed E-state index contributed by atoms with van der Waals surface area (Å²) in [4.78, 5) is 18.5. The Kier molecular flexibility index (Phi) is 4.53. The first-order valence-electron chi connectivity index (χ1n) is 11.1. The maximum atomic E-state index is 6.19. The van der Waals surface area contributed by atoms with Gasteiger partial charge in [-0.1, -0.05) is 10.8 Å². The number of ether oxygens (including phenoxy) is 1. The zero-order valence-electron chi connectivity index (χ0n) is 18.7. The number of azo groups is 2. The van der Waals surface area contributed by atoms with Gasteiger partial charge in [0.15, 0.2) is 12.9 Å². The van der Waals surface area contributed by atoms with Crippen molar-refractivity contribution in [2.75, 3.05) is 25.5 Å². The number of aliphatic imine (C=N–C) groups is 1. The van der Waals surface area contributed by atoms with Gasteiger partial charge in [0.05, 0.1) is 29.9 Å². The van der Waals surface area contributed by atoms with E-state index in [-0.39, 0.29) is 12.1 Å². The first-order valence-corrected chi connectivity index (χ1v) is 11.1. The lowest BCUT2D eigenvalue weighted by Crippen LogP contribution is -2.13. The van der Waals surface area contributed by atoms with Crippen molar-refractivity contribution < 1.29 is 9.43 Å². The average molecular weight is 443 g/mol. The molecule has 10 nitrogen and oxygen atoms in total. The summed E-state index contributed by atoms with van der Waals surface area (Å²) >= 11 is 0. The fraction of sp³-hybridized carbons (Fsp3) is 0.348. The monoisotopic (exact) mass is 442 g/mol. The molecule has 166 valence electrons. The second-order valence-corrected chi connectivity index (χ2v) is 8.48. The Morgan fingerprint density at radius 3 is 2.97 bits per heavy atom. The SMILES string of the molecule is CC1C=CC(c2nn3c4cc(ncc24)Nc2ccnc(n2)C2=C(OCC[C@@H]3C)[N+](C)=NC2)=N1. The molecular weight excluding hydrogens is 418 g/mol. The molecule has 0 fully saturated rings. The van der Waals surface area contributed by atoms with Crippen LogP contribution in [-0.4, -0.2) is 61.4 Å². The number of aromatic nitrogens is 5. The predicted octanol–water partition coefficient (Wildman–Crippen LogP) is 3.47. The van der Waals surface area contributed by atoms with Crippen LogP contribution in [0.2, 0.25) is 0 Å². The summed E-state index contributed by atoms with van der Waals surface area (Å²) in [5.41, 5.74) is 3.60. The number of nitrogens with one attached hydrogen (secondary N) is 1. The molecule has 3 aromatic rings. The Morgan fingerprint density at radius 2 is 2.12 bits per heavy atom. The lowest BCUT2D eigenvalue weighted by molar-refractivity contribution is -0.540. The van der Waals surface area contributed by atoms with Gasteiger partial charge in [-0.2, -0.15) is 5.10 Å². The molecule has 0 radical (unpaired) electrons. The van der Waals surface area contributed by atoms with E-state index in [0.717, 1.165) is 34.3 Å². The molecular formula is C23H24N9O+. The summed E-state index contributed by atoms with van der Waals surface area (Å²) < 4.78 is 10.00. The molecule has 3 aliphatic rings. The molecule has 0 aliphatic carbocycles. The summed E-state index contributed by atoms with van der Waals surface area (Å²) in [6.07, 6.45) is 8.48. The molecule has 3 aromatic heterocycles. The molecule has 1 unspecified atom stereocenters. The van der Waals surface area contributed by atoms with E-state index in [1.807, 2.05) is 31.5 Å². The molecule has 0 aromatic carbocycles. The van der Waals surface area contributed by atoms with Crippen LogP contribution in [0.15, 0.2) is 52.7 Å². The van der Waals surface area contributed by atoms with Crippen LogP contribution in [0.3, 0.4) is 0 Å². The van der Waals surface area contributed by atoms with Gasteiger partial charge >= 0.3 is 5.88 Å². The largest absolute Gasteiger partial charge is 0.442 e. The molecule has 6 rings (SSSR count). The third-order valence-corrected chi connectivity index (χ3v) is 6.08. The maximum Gasteiger partial charge on any atom is 0.402 e. The van der Waals surface area contributed by atoms with Gasteiger partial charge in [0.25, 0.3) is 0 Å². The van der Waals surface area contributed by atoms with Crippen molar-refractivity contribution in [3.8, 4) is 0 Å². The second kappa shape index (κ2) is 7.58. The highest BCUT2D eigenvalue weighted by molar-refractivity contribution is 6.15. The van der Waals surface area contributed by atoms with E-state index in [1.165, 1.54) is 0 Å². The molecule has 10 heteroatoms. The van der Waals surface area contributed by atoms with Gasteiger partial charge in [-0.15, -0.1) is 0 Å². The second-order valence-electron chi connectivity index (χ2n) is 8.48. The summed E-state index contributed by atoms with van der Waals surface area (Å²) in [5, 5.41) is 13.7. The van der Waals surface area contributed by atoms with Gasteiger partial charge in [0, 0.05) is 30.3 Å². The van der Waals surface area contributed by atoms with E-state index in [1.54, 1.807) is 10.9 Å². The average Bonchev–Trinajstić information content (AvgIpc) is 3.50. The molecule has 0 saturated heterocycles. The van der Waals surface area contributed by atoms with Crippen molar-refractivity contribution in [3.63, 3.8) is 0 Å². The summed E-state index contributed by atoms with van der Waals surface area (Å²) in [5.74, 6) is 2.64. The summed E-state index contributed by atoms with van der Waals surface area (Å²) in [7, 11) is 1.88. The summed E-state index contributed by atoms with van der Waals surface area (Å²) in [6.45, 7) is 5.22. The van der Waals surface area contributed by atoms with Crippen LogP contribution in [0.4, 0.5) is 11.6 Å². The van der Waals surface area contributed by atoms with Crippen LogP contribution in [-0.2, 0) is 4.74 Å². The maximum absolute atomic E-state index is 6.19. The van der Waals surface area contributed by atoms with Crippen LogP contribution in [0.1, 0.15) is 37.8 Å². The van der Waals surface area contributed by atoms with Crippen molar-refractivity contribution in [2.45, 2.75) is 32.4 Å². The van der Waals surface area contributed by atoms with Crippen LogP contribution in [0.5, 0.6) is 0 Å². The Labute approximate surface area is 190 Å². The fourth-order valence-corrected chi connectivity index (χ4v) is 4.31. The third-order valence-electron chi connectivity index (χ3n) is 6.08. The van der Waals surface area contributed by atoms with Gasteiger partial charge in [0.1, 0.15) is 29.4 Å². The van der Waals surface area contributed by atoms with Crippen LogP contribution in [0.25, 0.3) is 16.5 Å². The lowest BCUT2D eigenvalue weighted by Gasteiger charge is -2.15. The number of rotatable bonds is 1. The Bertz CT molecular complexity index is 1400. The quantitative estimate of drug-likeness (QED) is 0.579. The smallest absolute Gasteiger partial charge is 0.402 e. The molecule has 6 heterocycles. The number of hydrogen-bond acceptors (Lipinski definition) is 8. The van der Waals surface area contributed by atoms with E-state index < -0.39 is 0 Å². The summed E-state index contributed by atoms with van der Waals surface area (Å²) in [6, 6.07) is 4.10. The van der Waals surface area contributed by atoms with Crippen molar-refractivity contribution in [2.24, 2.45) is 10.1 Å². The van der Waals surface area contributed by atoms with Crippen LogP contribution in [0, 0.1) is 0 Å². The molecule has 0 saturated carbocycles. The number of pyridine rings is 1. The van der Waals surface area contributed by atoms with Gasteiger partial charge in [0.2, 0.25) is 0 Å². The van der Waals surface area contributed by atoms with E-state index in [2.05, 4.69) is 45.0 Å². The fourth-order valence-electron chi connectivity index (χ4n) is 4.31. The topological polar surface area (TPSA) is 105 Å². The third kappa shape index (κ3) is 3.38. The number of nitrogens with zero attached hydrogens (tertiary/aromatic N) is 8. The van der Waals surface area contributed by atoms with Crippen molar-refractivity contribution in [1.82, 2.24) is 24.7 Å². The minimum absolute atomic E-state index is 0.102. The molecule has 1 N–H and O–H groups in total. The molecule has 0 spiro atoms. The van der Waals surface area contributed by atoms with Gasteiger partial charge in [-0.05, 0) is 31.1 Å². The zero-order valence-corrected chi connectivity index (χ0v) is 18.7. The highest BCUT2D eigenvalue weighted by atomic mass is 16.5. The van der Waals surface area contributed by atoms with Crippen LogP contribution < -0.4 is 5.32 Å². The van der Waals surface area contributed by atoms with E-state index in [4.69, 9.17) is 19.8 Å². The molecule has 33 heavy (non-hydrogen) atoms. The minimum Gasteiger partial charge on any atom is -0.442 e. The molecule has 4 bridgehead atoms. The highest BCUT2D eigenvalue weighted by Crippen LogP contribution is 2.30. The molecule has 2 atom stereocenters. The molecule has 0 amide bonds. The lowest BCUT2D eigenvalue weighted by atomic mass is 10.1. The van der Waals surface area contributed by atoms with Crippen molar-refractivity contribution in [1.29, 1.82) is 0 Å². The number of fused-ring (bicyclic) bond motifs is 4. The van der Waals surface area contributed by atoms with Crippen molar-refractivity contribution >= 4 is 33.8 Å². The normalized spacial score (nSPS) is 22.0. The number of hydrogen-bond donors (Lipinski definition) is 1. The van der Waals surface area contributed by atoms with Gasteiger partial charge in [-0.3, -0.25) is 9.67 Å². The first-order chi connectivity index (χ1) is 16.1. The molecule has 3 aliphatic heterocycles. The van der Waals surface area contributed by atoms with Gasteiger partial charge in [-0.25, -0.2) is 15.0 Å². The van der Waals surface area contributed by atoms with Gasteiger partial charge < -0.3 is 10.1 Å². The van der Waals surface area contributed by atoms with Crippen molar-refractivity contribution in [3.05, 3.63) is 54.1 Å². The van der Waals surface area contributed by atoms with E-state index >= 15 is 0 Å². The highest BCUT2D eigenvalue weighted by Gasteiger charge is 2.30. The Hall–Kier alpha value is -3.95. The number of anilines is 2. The van der Waals surface area contributed by atoms with E-state index in [9.17, 15) is 0 Å². The van der Waals surface area contributed by atoms with Crippen LogP contribution >= 0.6 is 0 Å². The minimum atomic E-state index is 0.102. The predicted molar refractivity (Wildman–Crippen MR) is 124 cm³/mol. The van der Waals surface area contributed by atoms with E-state index in [0.29, 0.717) is 36.5 Å². The number of allylic oxidation sites excluding steroid dienone is 1.